The number of nitrogens with one attached hydrogen (secondary N) is 4. The number of amides is 5. The first kappa shape index (κ1) is 41.5. The Balaban J connectivity index is 1.39. The molecule has 12 nitrogen and oxygen atoms in total. The van der Waals surface area contributed by atoms with E-state index in [1.165, 1.54) is 0 Å². The van der Waals surface area contributed by atoms with Gasteiger partial charge in [0, 0.05) is 13.1 Å². The van der Waals surface area contributed by atoms with Crippen LogP contribution in [0.2, 0.25) is 0 Å². The third-order valence-corrected chi connectivity index (χ3v) is 16.3. The molecule has 1 unspecified atom stereocenters. The molecule has 0 bridgehead atoms. The Bertz CT molecular complexity index is 1500. The average molecular weight is 762 g/mol. The number of carbonyl (C=O) groups excluding carboxylic acids is 5. The highest BCUT2D eigenvalue weighted by Gasteiger charge is 2.70. The summed E-state index contributed by atoms with van der Waals surface area (Å²) in [6.45, 7) is 13.9. The van der Waals surface area contributed by atoms with E-state index in [0.29, 0.717) is 44.7 Å². The molecule has 0 radical (unpaired) electrons. The van der Waals surface area contributed by atoms with E-state index in [0.717, 1.165) is 70.6 Å². The van der Waals surface area contributed by atoms with Crippen LogP contribution in [-0.2, 0) is 29.0 Å². The van der Waals surface area contributed by atoms with E-state index in [1.807, 2.05) is 13.8 Å². The van der Waals surface area contributed by atoms with Crippen molar-refractivity contribution in [1.82, 2.24) is 26.2 Å². The second-order valence-electron chi connectivity index (χ2n) is 19.0. The highest BCUT2D eigenvalue weighted by molar-refractivity contribution is 7.92. The van der Waals surface area contributed by atoms with Crippen LogP contribution in [0.15, 0.2) is 0 Å². The SMILES string of the molecule is CCCNC(=O)C(=O)C(CCC1CC1)NC(=O)[C@@H]1[C@@H]2[C@H](CN1C(=O)[C@@H](NC(=O)NC1(CS(=O)(=O)C(C)(C)C)CCCCC1)C1(C)CCCCC1)C2(C)C. The van der Waals surface area contributed by atoms with Crippen LogP contribution in [0.25, 0.3) is 0 Å². The normalized spacial score (nSPS) is 27.1. The highest BCUT2D eigenvalue weighted by atomic mass is 32.2. The predicted molar refractivity (Wildman–Crippen MR) is 204 cm³/mol. The van der Waals surface area contributed by atoms with Crippen molar-refractivity contribution in [3.63, 3.8) is 0 Å². The fourth-order valence-corrected chi connectivity index (χ4v) is 11.0. The van der Waals surface area contributed by atoms with E-state index in [1.54, 1.807) is 25.7 Å². The molecule has 0 spiro atoms. The van der Waals surface area contributed by atoms with Crippen LogP contribution >= 0.6 is 0 Å². The summed E-state index contributed by atoms with van der Waals surface area (Å²) in [6.07, 6.45) is 11.9. The molecule has 5 fully saturated rings. The summed E-state index contributed by atoms with van der Waals surface area (Å²) in [5.74, 6) is -1.84. The number of hydrogen-bond donors (Lipinski definition) is 4. The molecular formula is C40H67N5O7S. The van der Waals surface area contributed by atoms with Gasteiger partial charge in [0.05, 0.1) is 22.1 Å². The van der Waals surface area contributed by atoms with Crippen molar-refractivity contribution < 1.29 is 32.4 Å². The molecule has 5 amide bonds. The zero-order chi connectivity index (χ0) is 39.0. The molecule has 0 aromatic rings. The number of Topliss-reactive ketones (excluding diaryl/α,β-unsaturated/α-hetero) is 1. The first-order valence-electron chi connectivity index (χ1n) is 20.5. The quantitative estimate of drug-likeness (QED) is 0.174. The molecule has 300 valence electrons. The van der Waals surface area contributed by atoms with Crippen molar-refractivity contribution in [3.05, 3.63) is 0 Å². The van der Waals surface area contributed by atoms with Gasteiger partial charge in [-0.05, 0) is 94.3 Å². The maximum absolute atomic E-state index is 15.0. The van der Waals surface area contributed by atoms with Crippen LogP contribution in [0.3, 0.4) is 0 Å². The Morgan fingerprint density at radius 3 is 2.04 bits per heavy atom. The van der Waals surface area contributed by atoms with Gasteiger partial charge in [0.25, 0.3) is 5.91 Å². The van der Waals surface area contributed by atoms with Crippen LogP contribution in [0, 0.1) is 28.6 Å². The van der Waals surface area contributed by atoms with Crippen molar-refractivity contribution in [2.24, 2.45) is 28.6 Å². The Morgan fingerprint density at radius 2 is 1.47 bits per heavy atom. The molecule has 5 atom stereocenters. The summed E-state index contributed by atoms with van der Waals surface area (Å²) in [6, 6.07) is -3.33. The second-order valence-corrected chi connectivity index (χ2v) is 21.8. The number of piperidine rings is 1. The number of urea groups is 1. The Labute approximate surface area is 317 Å². The molecular weight excluding hydrogens is 695 g/mol. The van der Waals surface area contributed by atoms with Gasteiger partial charge < -0.3 is 26.2 Å². The molecule has 0 aromatic carbocycles. The van der Waals surface area contributed by atoms with Gasteiger partial charge >= 0.3 is 6.03 Å². The second kappa shape index (κ2) is 15.8. The monoisotopic (exact) mass is 761 g/mol. The lowest BCUT2D eigenvalue weighted by Crippen LogP contribution is -2.65. The maximum atomic E-state index is 15.0. The molecule has 1 aliphatic heterocycles. The van der Waals surface area contributed by atoms with Crippen molar-refractivity contribution in [2.75, 3.05) is 18.8 Å². The minimum atomic E-state index is -3.56. The summed E-state index contributed by atoms with van der Waals surface area (Å²) in [7, 11) is -3.56. The number of carbonyl (C=O) groups is 5. The Morgan fingerprint density at radius 1 is 0.868 bits per heavy atom. The smallest absolute Gasteiger partial charge is 0.315 e. The van der Waals surface area contributed by atoms with Crippen LogP contribution in [-0.4, -0.2) is 90.1 Å². The number of hydrogen-bond acceptors (Lipinski definition) is 7. The van der Waals surface area contributed by atoms with Crippen molar-refractivity contribution in [3.8, 4) is 0 Å². The van der Waals surface area contributed by atoms with Gasteiger partial charge in [-0.2, -0.15) is 0 Å². The molecule has 1 heterocycles. The first-order chi connectivity index (χ1) is 24.8. The minimum Gasteiger partial charge on any atom is -0.349 e. The van der Waals surface area contributed by atoms with Gasteiger partial charge in [-0.15, -0.1) is 0 Å². The van der Waals surface area contributed by atoms with Crippen LogP contribution in [0.4, 0.5) is 4.79 Å². The molecule has 13 heteroatoms. The molecule has 4 saturated carbocycles. The number of sulfone groups is 1. The fraction of sp³-hybridized carbons (Fsp3) is 0.875. The van der Waals surface area contributed by atoms with E-state index in [2.05, 4.69) is 35.1 Å². The lowest BCUT2D eigenvalue weighted by atomic mass is 9.70. The maximum Gasteiger partial charge on any atom is 0.315 e. The predicted octanol–water partition coefficient (Wildman–Crippen LogP) is 4.79. The third-order valence-electron chi connectivity index (χ3n) is 13.5. The van der Waals surface area contributed by atoms with Crippen LogP contribution < -0.4 is 21.3 Å². The van der Waals surface area contributed by atoms with Crippen molar-refractivity contribution in [1.29, 1.82) is 0 Å². The molecule has 5 rings (SSSR count). The topological polar surface area (TPSA) is 171 Å². The van der Waals surface area contributed by atoms with E-state index < -0.39 is 67.3 Å². The Kier molecular flexibility index (Phi) is 12.4. The van der Waals surface area contributed by atoms with Gasteiger partial charge in [0.1, 0.15) is 12.1 Å². The summed E-state index contributed by atoms with van der Waals surface area (Å²) in [4.78, 5) is 71.2. The van der Waals surface area contributed by atoms with Gasteiger partial charge in [0.2, 0.25) is 17.6 Å². The number of rotatable bonds is 15. The summed E-state index contributed by atoms with van der Waals surface area (Å²) < 4.78 is 25.9. The van der Waals surface area contributed by atoms with E-state index in [9.17, 15) is 32.4 Å². The zero-order valence-corrected chi connectivity index (χ0v) is 34.2. The molecule has 1 saturated heterocycles. The van der Waals surface area contributed by atoms with E-state index >= 15 is 0 Å². The standard InChI is InChI=1S/C40H67N5O7S/c1-8-23-41-34(48)31(46)28(18-17-26-15-16-26)42-33(47)30-29-27(38(29,5)6)24-45(30)35(49)32(39(7)19-11-9-12-20-39)43-36(50)44-40(21-13-10-14-22-40)25-53(51,52)37(2,3)4/h26-30,32H,8-25H2,1-7H3,(H,41,48)(H,42,47)(H2,43,44,50)/t27-,28?,29-,30-,32+/m0/s1. The number of likely N-dealkylation sites (tertiary alicyclic amines) is 1. The summed E-state index contributed by atoms with van der Waals surface area (Å²) >= 11 is 0. The van der Waals surface area contributed by atoms with Crippen LogP contribution in [0.1, 0.15) is 145 Å². The third kappa shape index (κ3) is 9.23. The molecule has 4 aliphatic carbocycles. The van der Waals surface area contributed by atoms with E-state index in [-0.39, 0.29) is 28.9 Å². The average Bonchev–Trinajstić information content (AvgIpc) is 3.95. The number of fused-ring (bicyclic) bond motifs is 1. The molecule has 0 aromatic heterocycles. The van der Waals surface area contributed by atoms with Crippen molar-refractivity contribution in [2.45, 2.75) is 173 Å². The molecule has 4 N–H and O–H groups in total. The van der Waals surface area contributed by atoms with Crippen molar-refractivity contribution >= 4 is 39.4 Å². The lowest BCUT2D eigenvalue weighted by Gasteiger charge is -2.44. The van der Waals surface area contributed by atoms with Gasteiger partial charge in [-0.1, -0.05) is 79.1 Å². The van der Waals surface area contributed by atoms with E-state index in [4.69, 9.17) is 0 Å². The number of ketones is 1. The van der Waals surface area contributed by atoms with Gasteiger partial charge in [-0.25, -0.2) is 13.2 Å². The summed E-state index contributed by atoms with van der Waals surface area (Å²) in [5, 5.41) is 11.8. The first-order valence-corrected chi connectivity index (χ1v) is 22.1. The number of nitrogens with zero attached hydrogens (tertiary/aromatic N) is 1. The Hall–Kier alpha value is -2.70. The molecule has 53 heavy (non-hydrogen) atoms. The van der Waals surface area contributed by atoms with Crippen LogP contribution in [0.5, 0.6) is 0 Å². The van der Waals surface area contributed by atoms with Gasteiger partial charge in [-0.3, -0.25) is 19.2 Å². The van der Waals surface area contributed by atoms with Gasteiger partial charge in [0.15, 0.2) is 9.84 Å². The lowest BCUT2D eigenvalue weighted by molar-refractivity contribution is -0.146. The molecule has 5 aliphatic rings. The minimum absolute atomic E-state index is 0.0809. The summed E-state index contributed by atoms with van der Waals surface area (Å²) in [5.41, 5.74) is -1.71. The highest BCUT2D eigenvalue weighted by Crippen LogP contribution is 2.65. The fourth-order valence-electron chi connectivity index (χ4n) is 9.50. The zero-order valence-electron chi connectivity index (χ0n) is 33.4. The largest absolute Gasteiger partial charge is 0.349 e.